The van der Waals surface area contributed by atoms with Crippen LogP contribution in [0, 0.1) is 25.7 Å². The first-order valence-corrected chi connectivity index (χ1v) is 14.0. The van der Waals surface area contributed by atoms with Crippen LogP contribution >= 0.6 is 22.9 Å². The van der Waals surface area contributed by atoms with E-state index in [-0.39, 0.29) is 24.2 Å². The lowest BCUT2D eigenvalue weighted by molar-refractivity contribution is -0.152. The number of hydrogen-bond donors (Lipinski definition) is 1. The topological polar surface area (TPSA) is 93.1 Å². The first-order chi connectivity index (χ1) is 18.4. The summed E-state index contributed by atoms with van der Waals surface area (Å²) >= 11 is 7.35. The number of amides is 1. The Kier molecular flexibility index (Phi) is 8.67. The predicted molar refractivity (Wildman–Crippen MR) is 151 cm³/mol. The molecular formula is C30H32ClNO6S. The van der Waals surface area contributed by atoms with E-state index < -0.39 is 17.7 Å². The number of carbonyl (C=O) groups is 3. The molecule has 9 heteroatoms. The number of nitrogens with zero attached hydrogens (tertiary/aromatic N) is 1. The number of rotatable bonds is 9. The standard InChI is InChI=1S/C30H32ClNO6S/c1-18-14-20(15-19(2)27(18)38-30(3,4)28(34)35)10-11-21-16-32(29(36)37-22-8-6-5-7-9-22)17-23(21)26(33)24-12-13-25(31)39-24/h5-9,12-15,21,23H,10-11,16-17H2,1-4H3,(H,34,35)/t21-,23?/m0/s1. The number of carbonyl (C=O) groups excluding carboxylic acids is 2. The molecule has 1 saturated heterocycles. The van der Waals surface area contributed by atoms with E-state index in [0.29, 0.717) is 40.1 Å². The number of benzene rings is 2. The molecule has 4 rings (SSSR count). The summed E-state index contributed by atoms with van der Waals surface area (Å²) in [6.45, 7) is 7.53. The number of likely N-dealkylation sites (tertiary alicyclic amines) is 1. The molecule has 0 spiro atoms. The molecule has 0 bridgehead atoms. The Labute approximate surface area is 237 Å². The number of Topliss-reactive ketones (excluding diaryl/α,β-unsaturated/α-hetero) is 1. The molecule has 7 nitrogen and oxygen atoms in total. The number of carboxylic acid groups (broad SMARTS) is 1. The number of ether oxygens (including phenoxy) is 2. The number of carboxylic acids is 1. The van der Waals surface area contributed by atoms with Crippen molar-refractivity contribution in [3.8, 4) is 11.5 Å². The highest BCUT2D eigenvalue weighted by Crippen LogP contribution is 2.35. The summed E-state index contributed by atoms with van der Waals surface area (Å²) in [5.41, 5.74) is 1.40. The molecule has 2 atom stereocenters. The van der Waals surface area contributed by atoms with E-state index in [1.54, 1.807) is 41.3 Å². The highest BCUT2D eigenvalue weighted by Gasteiger charge is 2.40. The highest BCUT2D eigenvalue weighted by atomic mass is 35.5. The third kappa shape index (κ3) is 6.81. The van der Waals surface area contributed by atoms with Crippen LogP contribution in [0.2, 0.25) is 4.34 Å². The molecule has 1 aromatic heterocycles. The fourth-order valence-electron chi connectivity index (χ4n) is 4.89. The van der Waals surface area contributed by atoms with Crippen molar-refractivity contribution < 1.29 is 29.0 Å². The minimum Gasteiger partial charge on any atom is -0.478 e. The quantitative estimate of drug-likeness (QED) is 0.284. The van der Waals surface area contributed by atoms with Crippen LogP contribution in [-0.4, -0.2) is 46.5 Å². The van der Waals surface area contributed by atoms with E-state index in [1.165, 1.54) is 25.2 Å². The fourth-order valence-corrected chi connectivity index (χ4v) is 5.94. The maximum Gasteiger partial charge on any atom is 0.415 e. The van der Waals surface area contributed by atoms with Gasteiger partial charge < -0.3 is 19.5 Å². The van der Waals surface area contributed by atoms with E-state index in [1.807, 2.05) is 32.0 Å². The maximum atomic E-state index is 13.5. The molecule has 1 amide bonds. The lowest BCUT2D eigenvalue weighted by Gasteiger charge is -2.25. The molecular weight excluding hydrogens is 538 g/mol. The summed E-state index contributed by atoms with van der Waals surface area (Å²) in [5, 5.41) is 9.44. The molecule has 0 aliphatic carbocycles. The molecule has 1 unspecified atom stereocenters. The number of aliphatic carboxylic acids is 1. The molecule has 1 aliphatic heterocycles. The maximum absolute atomic E-state index is 13.5. The average Bonchev–Trinajstić information content (AvgIpc) is 3.52. The Morgan fingerprint density at radius 1 is 1.05 bits per heavy atom. The number of thiophene rings is 1. The van der Waals surface area contributed by atoms with Crippen LogP contribution in [0.1, 0.15) is 46.6 Å². The SMILES string of the molecule is Cc1cc(CC[C@H]2CN(C(=O)Oc3ccccc3)CC2C(=O)c2ccc(Cl)s2)cc(C)c1OC(C)(C)C(=O)O. The summed E-state index contributed by atoms with van der Waals surface area (Å²) in [4.78, 5) is 40.1. The van der Waals surface area contributed by atoms with E-state index in [0.717, 1.165) is 16.7 Å². The predicted octanol–water partition coefficient (Wildman–Crippen LogP) is 6.82. The summed E-state index contributed by atoms with van der Waals surface area (Å²) < 4.78 is 11.9. The van der Waals surface area contributed by atoms with Gasteiger partial charge in [-0.1, -0.05) is 41.9 Å². The van der Waals surface area contributed by atoms with Gasteiger partial charge in [0.25, 0.3) is 0 Å². The fraction of sp³-hybridized carbons (Fsp3) is 0.367. The molecule has 0 saturated carbocycles. The van der Waals surface area contributed by atoms with Gasteiger partial charge in [0.2, 0.25) is 0 Å². The Hall–Kier alpha value is -3.36. The third-order valence-corrected chi connectivity index (χ3v) is 8.24. The van der Waals surface area contributed by atoms with Crippen molar-refractivity contribution in [1.82, 2.24) is 4.90 Å². The van der Waals surface area contributed by atoms with Crippen LogP contribution in [0.5, 0.6) is 11.5 Å². The van der Waals surface area contributed by atoms with Gasteiger partial charge in [-0.15, -0.1) is 11.3 Å². The van der Waals surface area contributed by atoms with Crippen molar-refractivity contribution in [1.29, 1.82) is 0 Å². The normalized spacial score (nSPS) is 17.2. The van der Waals surface area contributed by atoms with Gasteiger partial charge in [-0.25, -0.2) is 9.59 Å². The molecule has 0 radical (unpaired) electrons. The van der Waals surface area contributed by atoms with E-state index in [4.69, 9.17) is 21.1 Å². The summed E-state index contributed by atoms with van der Waals surface area (Å²) in [7, 11) is 0. The molecule has 3 aromatic rings. The van der Waals surface area contributed by atoms with Crippen molar-refractivity contribution in [2.45, 2.75) is 46.1 Å². The van der Waals surface area contributed by atoms with Crippen LogP contribution in [0.25, 0.3) is 0 Å². The number of para-hydroxylation sites is 1. The molecule has 2 aromatic carbocycles. The van der Waals surface area contributed by atoms with Crippen molar-refractivity contribution in [3.05, 3.63) is 80.5 Å². The van der Waals surface area contributed by atoms with Crippen molar-refractivity contribution in [2.75, 3.05) is 13.1 Å². The van der Waals surface area contributed by atoms with E-state index in [2.05, 4.69) is 0 Å². The second-order valence-electron chi connectivity index (χ2n) is 10.4. The van der Waals surface area contributed by atoms with Gasteiger partial charge in [0, 0.05) is 19.0 Å². The van der Waals surface area contributed by atoms with Gasteiger partial charge in [-0.3, -0.25) is 4.79 Å². The first kappa shape index (κ1) is 28.6. The minimum atomic E-state index is -1.35. The van der Waals surface area contributed by atoms with Crippen LogP contribution in [-0.2, 0) is 11.2 Å². The van der Waals surface area contributed by atoms with Gasteiger partial charge in [0.15, 0.2) is 11.4 Å². The monoisotopic (exact) mass is 569 g/mol. The Morgan fingerprint density at radius 3 is 2.31 bits per heavy atom. The minimum absolute atomic E-state index is 0.0149. The van der Waals surface area contributed by atoms with Crippen molar-refractivity contribution in [2.24, 2.45) is 11.8 Å². The number of hydrogen-bond acceptors (Lipinski definition) is 6. The largest absolute Gasteiger partial charge is 0.478 e. The number of aryl methyl sites for hydroxylation is 3. The Bertz CT molecular complexity index is 1350. The Morgan fingerprint density at radius 2 is 1.72 bits per heavy atom. The molecule has 2 heterocycles. The lowest BCUT2D eigenvalue weighted by atomic mass is 9.86. The lowest BCUT2D eigenvalue weighted by Crippen LogP contribution is -2.38. The molecule has 1 fully saturated rings. The molecule has 1 N–H and O–H groups in total. The molecule has 39 heavy (non-hydrogen) atoms. The molecule has 206 valence electrons. The first-order valence-electron chi connectivity index (χ1n) is 12.8. The van der Waals surface area contributed by atoms with Crippen LogP contribution in [0.3, 0.4) is 0 Å². The Balaban J connectivity index is 1.50. The number of ketones is 1. The van der Waals surface area contributed by atoms with Gasteiger partial charge in [-0.2, -0.15) is 0 Å². The van der Waals surface area contributed by atoms with Gasteiger partial charge in [-0.05, 0) is 87.4 Å². The van der Waals surface area contributed by atoms with Gasteiger partial charge in [0.1, 0.15) is 11.5 Å². The summed E-state index contributed by atoms with van der Waals surface area (Å²) in [6.07, 6.45) is 0.899. The van der Waals surface area contributed by atoms with Crippen molar-refractivity contribution >= 4 is 40.8 Å². The van der Waals surface area contributed by atoms with Crippen molar-refractivity contribution in [3.63, 3.8) is 0 Å². The number of halogens is 1. The van der Waals surface area contributed by atoms with Gasteiger partial charge in [0.05, 0.1) is 9.21 Å². The van der Waals surface area contributed by atoms with Crippen LogP contribution < -0.4 is 9.47 Å². The zero-order valence-electron chi connectivity index (χ0n) is 22.4. The second kappa shape index (κ2) is 11.8. The molecule has 1 aliphatic rings. The van der Waals surface area contributed by atoms with Gasteiger partial charge >= 0.3 is 12.1 Å². The van der Waals surface area contributed by atoms with E-state index in [9.17, 15) is 19.5 Å². The summed E-state index contributed by atoms with van der Waals surface area (Å²) in [5.74, 6) is -0.473. The van der Waals surface area contributed by atoms with E-state index >= 15 is 0 Å². The zero-order valence-corrected chi connectivity index (χ0v) is 24.0. The average molecular weight is 570 g/mol. The van der Waals surface area contributed by atoms with Crippen LogP contribution in [0.4, 0.5) is 4.79 Å². The second-order valence-corrected chi connectivity index (χ2v) is 12.2. The highest BCUT2D eigenvalue weighted by molar-refractivity contribution is 7.18. The van der Waals surface area contributed by atoms with Crippen LogP contribution in [0.15, 0.2) is 54.6 Å². The smallest absolute Gasteiger partial charge is 0.415 e. The summed E-state index contributed by atoms with van der Waals surface area (Å²) in [6, 6.07) is 16.3. The zero-order chi connectivity index (χ0) is 28.3. The third-order valence-electron chi connectivity index (χ3n) is 7.00.